The number of hydrogen-bond acceptors (Lipinski definition) is 3. The summed E-state index contributed by atoms with van der Waals surface area (Å²) in [5.41, 5.74) is 0.503. The minimum atomic E-state index is -2.42. The summed E-state index contributed by atoms with van der Waals surface area (Å²) in [6.45, 7) is 1.57. The fourth-order valence-electron chi connectivity index (χ4n) is 2.21. The van der Waals surface area contributed by atoms with Crippen LogP contribution in [0.15, 0.2) is 23.1 Å². The van der Waals surface area contributed by atoms with Crippen LogP contribution in [0.4, 0.5) is 14.5 Å². The predicted octanol–water partition coefficient (Wildman–Crippen LogP) is 4.06. The van der Waals surface area contributed by atoms with Crippen LogP contribution in [0.1, 0.15) is 12.8 Å². The van der Waals surface area contributed by atoms with Gasteiger partial charge in [0.15, 0.2) is 0 Å². The summed E-state index contributed by atoms with van der Waals surface area (Å²) >= 11 is 7.01. The van der Waals surface area contributed by atoms with Crippen molar-refractivity contribution in [1.82, 2.24) is 5.32 Å². The van der Waals surface area contributed by atoms with E-state index < -0.39 is 6.43 Å². The molecule has 2 N–H and O–H groups in total. The molecule has 0 aromatic heterocycles. The number of nitrogens with one attached hydrogen (secondary N) is 2. The number of hydrogen-bond donors (Lipinski definition) is 2. The fraction of sp³-hybridized carbons (Fsp3) is 0.500. The van der Waals surface area contributed by atoms with Crippen molar-refractivity contribution in [2.75, 3.05) is 24.2 Å². The quantitative estimate of drug-likeness (QED) is 0.767. The van der Waals surface area contributed by atoms with Crippen LogP contribution < -0.4 is 10.6 Å². The topological polar surface area (TPSA) is 41.1 Å². The van der Waals surface area contributed by atoms with Crippen molar-refractivity contribution in [3.05, 3.63) is 23.2 Å². The molecule has 1 atom stereocenters. The van der Waals surface area contributed by atoms with E-state index in [1.807, 2.05) is 0 Å². The summed E-state index contributed by atoms with van der Waals surface area (Å²) < 4.78 is 24.8. The lowest BCUT2D eigenvalue weighted by molar-refractivity contribution is -0.120. The van der Waals surface area contributed by atoms with Crippen molar-refractivity contribution in [1.29, 1.82) is 0 Å². The molecule has 124 valence electrons. The maximum Gasteiger partial charge on any atom is 0.247 e. The molecule has 1 aliphatic heterocycles. The van der Waals surface area contributed by atoms with E-state index in [1.165, 1.54) is 0 Å². The normalized spacial score (nSPS) is 17.9. The molecule has 0 spiro atoms. The number of rotatable bonds is 5. The van der Waals surface area contributed by atoms with Crippen LogP contribution in [0.25, 0.3) is 0 Å². The second-order valence-electron chi connectivity index (χ2n) is 4.85. The van der Waals surface area contributed by atoms with Crippen molar-refractivity contribution >= 4 is 47.4 Å². The van der Waals surface area contributed by atoms with Crippen LogP contribution in [0, 0.1) is 5.92 Å². The maximum atomic E-state index is 12.4. The van der Waals surface area contributed by atoms with Crippen LogP contribution in [0.2, 0.25) is 5.02 Å². The van der Waals surface area contributed by atoms with E-state index in [1.54, 1.807) is 18.2 Å². The van der Waals surface area contributed by atoms with Gasteiger partial charge in [0.1, 0.15) is 0 Å². The van der Waals surface area contributed by atoms with Crippen molar-refractivity contribution in [3.8, 4) is 0 Å². The van der Waals surface area contributed by atoms with Crippen LogP contribution in [0.3, 0.4) is 0 Å². The Morgan fingerprint density at radius 3 is 2.91 bits per heavy atom. The molecule has 0 bridgehead atoms. The Hall–Kier alpha value is -0.560. The largest absolute Gasteiger partial charge is 0.325 e. The van der Waals surface area contributed by atoms with Gasteiger partial charge < -0.3 is 10.6 Å². The Bertz CT molecular complexity index is 500. The van der Waals surface area contributed by atoms with E-state index in [0.29, 0.717) is 22.2 Å². The van der Waals surface area contributed by atoms with E-state index in [9.17, 15) is 13.6 Å². The summed E-state index contributed by atoms with van der Waals surface area (Å²) in [7, 11) is 0. The molecule has 1 unspecified atom stereocenters. The molecule has 8 heteroatoms. The zero-order valence-electron chi connectivity index (χ0n) is 11.8. The molecular weight excluding hydrogens is 353 g/mol. The standard InChI is InChI=1S/C14H17ClF2N2OS.ClH/c15-10-4-1-5-11(13(10)21-8-12(16)17)19-14(20)9-3-2-6-18-7-9;/h1,4-5,9,12,18H,2-3,6-8H2,(H,19,20);1H. The molecule has 1 aromatic rings. The van der Waals surface area contributed by atoms with Gasteiger partial charge in [-0.2, -0.15) is 0 Å². The number of amides is 1. The molecular formula is C14H18Cl2F2N2OS. The van der Waals surface area contributed by atoms with Crippen LogP contribution in [0.5, 0.6) is 0 Å². The lowest BCUT2D eigenvalue weighted by Gasteiger charge is -2.22. The molecule has 1 amide bonds. The van der Waals surface area contributed by atoms with E-state index in [-0.39, 0.29) is 30.0 Å². The van der Waals surface area contributed by atoms with E-state index in [0.717, 1.165) is 31.1 Å². The Kier molecular flexibility index (Phi) is 8.46. The van der Waals surface area contributed by atoms with E-state index in [2.05, 4.69) is 10.6 Å². The van der Waals surface area contributed by atoms with Gasteiger partial charge in [0.05, 0.1) is 22.4 Å². The van der Waals surface area contributed by atoms with Crippen molar-refractivity contribution in [2.24, 2.45) is 5.92 Å². The summed E-state index contributed by atoms with van der Waals surface area (Å²) in [5, 5.41) is 6.37. The summed E-state index contributed by atoms with van der Waals surface area (Å²) in [6.07, 6.45) is -0.628. The average Bonchev–Trinajstić information content (AvgIpc) is 2.47. The van der Waals surface area contributed by atoms with Gasteiger partial charge in [-0.05, 0) is 31.5 Å². The first kappa shape index (κ1) is 19.5. The van der Waals surface area contributed by atoms with Crippen molar-refractivity contribution in [2.45, 2.75) is 24.2 Å². The molecule has 2 rings (SSSR count). The van der Waals surface area contributed by atoms with Gasteiger partial charge in [-0.15, -0.1) is 24.2 Å². The summed E-state index contributed by atoms with van der Waals surface area (Å²) in [5.74, 6) is -0.536. The van der Waals surface area contributed by atoms with E-state index >= 15 is 0 Å². The van der Waals surface area contributed by atoms with Gasteiger partial charge in [-0.1, -0.05) is 17.7 Å². The first-order valence-electron chi connectivity index (χ1n) is 6.79. The molecule has 0 saturated carbocycles. The number of piperidine rings is 1. The van der Waals surface area contributed by atoms with E-state index in [4.69, 9.17) is 11.6 Å². The smallest absolute Gasteiger partial charge is 0.247 e. The highest BCUT2D eigenvalue weighted by Gasteiger charge is 2.22. The second kappa shape index (κ2) is 9.55. The van der Waals surface area contributed by atoms with Crippen molar-refractivity contribution < 1.29 is 13.6 Å². The fourth-order valence-corrected chi connectivity index (χ4v) is 3.32. The van der Waals surface area contributed by atoms with Crippen LogP contribution in [-0.2, 0) is 4.79 Å². The SMILES string of the molecule is Cl.O=C(Nc1cccc(Cl)c1SCC(F)F)C1CCCNC1. The number of carbonyl (C=O) groups excluding carboxylic acids is 1. The number of halogens is 4. The monoisotopic (exact) mass is 370 g/mol. The summed E-state index contributed by atoms with van der Waals surface area (Å²) in [4.78, 5) is 12.7. The molecule has 22 heavy (non-hydrogen) atoms. The number of carbonyl (C=O) groups is 1. The third kappa shape index (κ3) is 5.57. The molecule has 1 heterocycles. The Morgan fingerprint density at radius 1 is 1.50 bits per heavy atom. The maximum absolute atomic E-state index is 12.4. The molecule has 1 fully saturated rings. The Balaban J connectivity index is 0.00000242. The number of anilines is 1. The Morgan fingerprint density at radius 2 is 2.27 bits per heavy atom. The minimum Gasteiger partial charge on any atom is -0.325 e. The first-order valence-corrected chi connectivity index (χ1v) is 8.15. The lowest BCUT2D eigenvalue weighted by atomic mass is 9.99. The Labute approximate surface area is 144 Å². The second-order valence-corrected chi connectivity index (χ2v) is 6.29. The molecule has 1 aromatic carbocycles. The van der Waals surface area contributed by atoms with Crippen LogP contribution in [-0.4, -0.2) is 31.2 Å². The zero-order valence-corrected chi connectivity index (χ0v) is 14.2. The van der Waals surface area contributed by atoms with Gasteiger partial charge in [0, 0.05) is 11.4 Å². The van der Waals surface area contributed by atoms with Gasteiger partial charge in [0.2, 0.25) is 12.3 Å². The highest BCUT2D eigenvalue weighted by molar-refractivity contribution is 7.99. The first-order chi connectivity index (χ1) is 10.1. The average molecular weight is 371 g/mol. The predicted molar refractivity (Wildman–Crippen MR) is 89.7 cm³/mol. The van der Waals surface area contributed by atoms with Gasteiger partial charge in [0.25, 0.3) is 0 Å². The third-order valence-corrected chi connectivity index (χ3v) is 4.82. The highest BCUT2D eigenvalue weighted by atomic mass is 35.5. The van der Waals surface area contributed by atoms with Crippen LogP contribution >= 0.6 is 35.8 Å². The number of thioether (sulfide) groups is 1. The third-order valence-electron chi connectivity index (χ3n) is 3.25. The van der Waals surface area contributed by atoms with Gasteiger partial charge in [-0.3, -0.25) is 4.79 Å². The molecule has 0 radical (unpaired) electrons. The minimum absolute atomic E-state index is 0. The number of benzene rings is 1. The lowest BCUT2D eigenvalue weighted by Crippen LogP contribution is -2.37. The molecule has 3 nitrogen and oxygen atoms in total. The summed E-state index contributed by atoms with van der Waals surface area (Å²) in [6, 6.07) is 5.02. The highest BCUT2D eigenvalue weighted by Crippen LogP contribution is 2.35. The molecule has 0 aliphatic carbocycles. The molecule has 1 aliphatic rings. The number of alkyl halides is 2. The molecule has 1 saturated heterocycles. The van der Waals surface area contributed by atoms with Gasteiger partial charge in [-0.25, -0.2) is 8.78 Å². The van der Waals surface area contributed by atoms with Crippen molar-refractivity contribution in [3.63, 3.8) is 0 Å². The zero-order chi connectivity index (χ0) is 15.2. The van der Waals surface area contributed by atoms with Gasteiger partial charge >= 0.3 is 0 Å².